The zero-order chi connectivity index (χ0) is 6.57. The minimum atomic E-state index is -0.0868. The van der Waals surface area contributed by atoms with Crippen LogP contribution in [0.2, 0.25) is 5.02 Å². The van der Waals surface area contributed by atoms with Crippen molar-refractivity contribution in [3.05, 3.63) is 0 Å². The average Bonchev–Trinajstić information content (AvgIpc) is 1.84. The van der Waals surface area contributed by atoms with Gasteiger partial charge in [0.1, 0.15) is 0 Å². The molecular weight excluding hydrogens is 317 g/mol. The number of ether oxygens (including phenoxy) is 1. The maximum atomic E-state index is 10.5. The van der Waals surface area contributed by atoms with Crippen LogP contribution in [-0.4, -0.2) is 13.1 Å². The molecule has 0 aromatic rings. The van der Waals surface area contributed by atoms with E-state index in [9.17, 15) is 4.79 Å². The summed E-state index contributed by atoms with van der Waals surface area (Å²) in [4.78, 5) is 10.5. The third-order valence-electron chi connectivity index (χ3n) is 1.04. The molecule has 0 saturated carbocycles. The van der Waals surface area contributed by atoms with Crippen LogP contribution >= 0.6 is 34.0 Å². The topological polar surface area (TPSA) is 26.3 Å². The standard InChI is InChI=1S/C5H9O2.2BrH.Zn/c1-4(2)5(6)7-3;;;/h4H,1H2,2-3H3;2*1H;/t4-;;;/m1.../s1. The number of esters is 1. The summed E-state index contributed by atoms with van der Waals surface area (Å²) in [6, 6.07) is 0. The molecule has 0 aliphatic heterocycles. The Morgan fingerprint density at radius 1 is 1.60 bits per heavy atom. The molecule has 0 aliphatic carbocycles. The van der Waals surface area contributed by atoms with E-state index in [0.29, 0.717) is 0 Å². The van der Waals surface area contributed by atoms with E-state index in [1.165, 1.54) is 7.11 Å². The normalized spacial score (nSPS) is 10.4. The summed E-state index contributed by atoms with van der Waals surface area (Å²) in [6.45, 7) is 1.88. The predicted molar refractivity (Wildman–Crippen MR) is 46.6 cm³/mol. The molecule has 0 radical (unpaired) electrons. The molecular formula is C5H11Br2O2Zn. The fourth-order valence-corrected chi connectivity index (χ4v) is 0.814. The maximum absolute atomic E-state index is 10.5. The van der Waals surface area contributed by atoms with Crippen LogP contribution in [0, 0.1) is 5.92 Å². The molecule has 0 fully saturated rings. The fourth-order valence-electron chi connectivity index (χ4n) is 0.319. The zero-order valence-corrected chi connectivity index (χ0v) is 12.5. The van der Waals surface area contributed by atoms with Crippen molar-refractivity contribution in [1.82, 2.24) is 0 Å². The molecule has 10 heavy (non-hydrogen) atoms. The molecule has 5 heteroatoms. The number of rotatable bonds is 2. The molecule has 0 heterocycles. The second-order valence-electron chi connectivity index (χ2n) is 1.71. The molecule has 0 N–H and O–H groups in total. The summed E-state index contributed by atoms with van der Waals surface area (Å²) < 4.78 is 4.48. The first kappa shape index (κ1) is 17.2. The molecule has 0 saturated heterocycles. The van der Waals surface area contributed by atoms with Gasteiger partial charge in [-0.15, -0.1) is 34.0 Å². The van der Waals surface area contributed by atoms with Gasteiger partial charge in [-0.25, -0.2) is 0 Å². The van der Waals surface area contributed by atoms with E-state index in [2.05, 4.69) is 4.74 Å². The van der Waals surface area contributed by atoms with Gasteiger partial charge in [0.25, 0.3) is 0 Å². The Morgan fingerprint density at radius 2 is 2.00 bits per heavy atom. The Labute approximate surface area is 92.3 Å². The SMILES string of the molecule is Br.Br.COC(=O)[C@@H](C)[CH2][Zn]. The number of halogens is 2. The third-order valence-corrected chi connectivity index (χ3v) is 2.85. The molecule has 59 valence electrons. The quantitative estimate of drug-likeness (QED) is 0.572. The van der Waals surface area contributed by atoms with Gasteiger partial charge in [0.15, 0.2) is 0 Å². The van der Waals surface area contributed by atoms with Gasteiger partial charge in [-0.3, -0.25) is 0 Å². The van der Waals surface area contributed by atoms with Crippen molar-refractivity contribution >= 4 is 39.9 Å². The van der Waals surface area contributed by atoms with Crippen LogP contribution in [-0.2, 0) is 27.8 Å². The van der Waals surface area contributed by atoms with Crippen LogP contribution in [0.5, 0.6) is 0 Å². The van der Waals surface area contributed by atoms with Crippen LogP contribution in [0.25, 0.3) is 0 Å². The van der Waals surface area contributed by atoms with E-state index >= 15 is 0 Å². The van der Waals surface area contributed by atoms with E-state index in [1.54, 1.807) is 0 Å². The van der Waals surface area contributed by atoms with Crippen molar-refractivity contribution in [2.45, 2.75) is 11.9 Å². The molecule has 0 aliphatic rings. The van der Waals surface area contributed by atoms with Crippen LogP contribution in [0.15, 0.2) is 0 Å². The molecule has 0 spiro atoms. The first-order valence-electron chi connectivity index (χ1n) is 2.59. The van der Waals surface area contributed by atoms with Crippen LogP contribution in [0.4, 0.5) is 0 Å². The van der Waals surface area contributed by atoms with E-state index < -0.39 is 0 Å². The Kier molecular flexibility index (Phi) is 17.3. The van der Waals surface area contributed by atoms with E-state index in [4.69, 9.17) is 0 Å². The Morgan fingerprint density at radius 3 is 2.10 bits per heavy atom. The molecule has 0 aromatic carbocycles. The first-order valence-corrected chi connectivity index (χ1v) is 4.69. The van der Waals surface area contributed by atoms with Crippen LogP contribution < -0.4 is 0 Å². The number of hydrogen-bond acceptors (Lipinski definition) is 2. The van der Waals surface area contributed by atoms with Crippen molar-refractivity contribution in [2.75, 3.05) is 7.11 Å². The van der Waals surface area contributed by atoms with E-state index in [-0.39, 0.29) is 45.9 Å². The van der Waals surface area contributed by atoms with Crippen molar-refractivity contribution < 1.29 is 27.8 Å². The monoisotopic (exact) mass is 325 g/mol. The molecule has 0 amide bonds. The van der Waals surface area contributed by atoms with Gasteiger partial charge in [-0.1, -0.05) is 0 Å². The van der Waals surface area contributed by atoms with Crippen molar-refractivity contribution in [2.24, 2.45) is 5.92 Å². The summed E-state index contributed by atoms with van der Waals surface area (Å²) in [7, 11) is 1.43. The second-order valence-corrected chi connectivity index (χ2v) is 2.92. The zero-order valence-electron chi connectivity index (χ0n) is 6.12. The van der Waals surface area contributed by atoms with Gasteiger partial charge < -0.3 is 0 Å². The Hall–Kier alpha value is 1.05. The number of hydrogen-bond donors (Lipinski definition) is 0. The number of carbonyl (C=O) groups excluding carboxylic acids is 1. The van der Waals surface area contributed by atoms with E-state index in [0.717, 1.165) is 23.3 Å². The van der Waals surface area contributed by atoms with Gasteiger partial charge in [-0.05, 0) is 0 Å². The Balaban J connectivity index is -0.000000245. The van der Waals surface area contributed by atoms with Crippen LogP contribution in [0.3, 0.4) is 0 Å². The predicted octanol–water partition coefficient (Wildman–Crippen LogP) is 1.92. The van der Waals surface area contributed by atoms with Crippen molar-refractivity contribution in [3.63, 3.8) is 0 Å². The van der Waals surface area contributed by atoms with Gasteiger partial charge in [0.2, 0.25) is 0 Å². The van der Waals surface area contributed by atoms with Crippen LogP contribution in [0.1, 0.15) is 6.92 Å². The minimum absolute atomic E-state index is 0. The molecule has 2 nitrogen and oxygen atoms in total. The average molecular weight is 328 g/mol. The summed E-state index contributed by atoms with van der Waals surface area (Å²) >= 11 is 1.16. The number of carbonyl (C=O) groups is 1. The van der Waals surface area contributed by atoms with Gasteiger partial charge >= 0.3 is 58.8 Å². The summed E-state index contributed by atoms with van der Waals surface area (Å²) in [5.41, 5.74) is 0. The van der Waals surface area contributed by atoms with E-state index in [1.807, 2.05) is 6.92 Å². The molecule has 0 bridgehead atoms. The van der Waals surface area contributed by atoms with Gasteiger partial charge in [-0.2, -0.15) is 0 Å². The van der Waals surface area contributed by atoms with Crippen molar-refractivity contribution in [3.8, 4) is 0 Å². The number of methoxy groups -OCH3 is 1. The third kappa shape index (κ3) is 7.16. The fraction of sp³-hybridized carbons (Fsp3) is 0.800. The molecule has 1 atom stereocenters. The van der Waals surface area contributed by atoms with Gasteiger partial charge in [0, 0.05) is 0 Å². The Bertz CT molecular complexity index is 89.7. The molecule has 0 unspecified atom stereocenters. The molecule has 0 rings (SSSR count). The molecule has 0 aromatic heterocycles. The second kappa shape index (κ2) is 10.1. The summed E-state index contributed by atoms with van der Waals surface area (Å²) in [5, 5.41) is 0.979. The summed E-state index contributed by atoms with van der Waals surface area (Å²) in [5.74, 6) is 0.0243. The van der Waals surface area contributed by atoms with Gasteiger partial charge in [0.05, 0.1) is 0 Å². The first-order chi connectivity index (χ1) is 3.72. The van der Waals surface area contributed by atoms with Crippen molar-refractivity contribution in [1.29, 1.82) is 0 Å². The summed E-state index contributed by atoms with van der Waals surface area (Å²) in [6.07, 6.45) is 0.